The standard InChI is InChI=1S/C22H28N4O3S/c1-4-15(3)23-19(27)11-17-13-30-22(24-17)25-20(28)12-26(18-9-10-18)21(29)16-7-5-14(2)6-8-16/h5-8,13,15,18H,4,9-12H2,1-3H3,(H,23,27)(H,24,25,28). The predicted molar refractivity (Wildman–Crippen MR) is 118 cm³/mol. The van der Waals surface area contributed by atoms with E-state index in [1.54, 1.807) is 22.4 Å². The number of carbonyl (C=O) groups excluding carboxylic acids is 3. The fraction of sp³-hybridized carbons (Fsp3) is 0.455. The van der Waals surface area contributed by atoms with Crippen LogP contribution in [0, 0.1) is 6.92 Å². The fourth-order valence-corrected chi connectivity index (χ4v) is 3.69. The van der Waals surface area contributed by atoms with E-state index in [4.69, 9.17) is 0 Å². The van der Waals surface area contributed by atoms with E-state index in [9.17, 15) is 14.4 Å². The number of nitrogens with one attached hydrogen (secondary N) is 2. The molecule has 0 spiro atoms. The van der Waals surface area contributed by atoms with Crippen molar-refractivity contribution in [2.24, 2.45) is 0 Å². The normalized spacial score (nSPS) is 14.1. The molecule has 1 aromatic heterocycles. The van der Waals surface area contributed by atoms with Crippen molar-refractivity contribution < 1.29 is 14.4 Å². The number of hydrogen-bond acceptors (Lipinski definition) is 5. The van der Waals surface area contributed by atoms with Crippen molar-refractivity contribution >= 4 is 34.2 Å². The Morgan fingerprint density at radius 2 is 1.90 bits per heavy atom. The van der Waals surface area contributed by atoms with Gasteiger partial charge in [0.25, 0.3) is 5.91 Å². The summed E-state index contributed by atoms with van der Waals surface area (Å²) in [5.74, 6) is -0.502. The number of amides is 3. The first kappa shape index (κ1) is 22.0. The first-order chi connectivity index (χ1) is 14.4. The quantitative estimate of drug-likeness (QED) is 0.642. The van der Waals surface area contributed by atoms with E-state index in [1.165, 1.54) is 11.3 Å². The van der Waals surface area contributed by atoms with Crippen LogP contribution in [0.3, 0.4) is 0 Å². The maximum absolute atomic E-state index is 12.9. The molecule has 0 bridgehead atoms. The van der Waals surface area contributed by atoms with Gasteiger partial charge in [0.2, 0.25) is 11.8 Å². The van der Waals surface area contributed by atoms with Gasteiger partial charge in [0, 0.05) is 23.0 Å². The summed E-state index contributed by atoms with van der Waals surface area (Å²) in [4.78, 5) is 43.3. The Balaban J connectivity index is 1.56. The van der Waals surface area contributed by atoms with Crippen LogP contribution in [0.5, 0.6) is 0 Å². The Morgan fingerprint density at radius 3 is 2.53 bits per heavy atom. The van der Waals surface area contributed by atoms with Gasteiger partial charge in [-0.05, 0) is 45.2 Å². The summed E-state index contributed by atoms with van der Waals surface area (Å²) in [5.41, 5.74) is 2.29. The Hall–Kier alpha value is -2.74. The van der Waals surface area contributed by atoms with Gasteiger partial charge in [0.05, 0.1) is 12.1 Å². The minimum Gasteiger partial charge on any atom is -0.353 e. The van der Waals surface area contributed by atoms with Gasteiger partial charge in [-0.2, -0.15) is 0 Å². The van der Waals surface area contributed by atoms with Crippen molar-refractivity contribution in [3.63, 3.8) is 0 Å². The highest BCUT2D eigenvalue weighted by Gasteiger charge is 2.34. The van der Waals surface area contributed by atoms with Crippen LogP contribution in [-0.2, 0) is 16.0 Å². The Morgan fingerprint density at radius 1 is 1.20 bits per heavy atom. The molecule has 1 aromatic carbocycles. The highest BCUT2D eigenvalue weighted by molar-refractivity contribution is 7.13. The minimum atomic E-state index is -0.285. The zero-order valence-electron chi connectivity index (χ0n) is 17.6. The van der Waals surface area contributed by atoms with Crippen molar-refractivity contribution in [3.8, 4) is 0 Å². The number of carbonyl (C=O) groups is 3. The fourth-order valence-electron chi connectivity index (χ4n) is 2.97. The molecule has 1 saturated carbocycles. The van der Waals surface area contributed by atoms with Crippen molar-refractivity contribution in [2.45, 2.75) is 58.5 Å². The average molecular weight is 429 g/mol. The summed E-state index contributed by atoms with van der Waals surface area (Å²) in [7, 11) is 0. The molecule has 1 aliphatic rings. The maximum Gasteiger partial charge on any atom is 0.254 e. The number of hydrogen-bond donors (Lipinski definition) is 2. The van der Waals surface area contributed by atoms with Crippen LogP contribution in [0.1, 0.15) is 54.7 Å². The van der Waals surface area contributed by atoms with Gasteiger partial charge in [0.15, 0.2) is 5.13 Å². The number of rotatable bonds is 9. The third-order valence-electron chi connectivity index (χ3n) is 5.02. The number of benzene rings is 1. The van der Waals surface area contributed by atoms with Gasteiger partial charge in [-0.3, -0.25) is 14.4 Å². The minimum absolute atomic E-state index is 0.0131. The van der Waals surface area contributed by atoms with Gasteiger partial charge in [-0.25, -0.2) is 4.98 Å². The Bertz CT molecular complexity index is 905. The van der Waals surface area contributed by atoms with E-state index >= 15 is 0 Å². The highest BCUT2D eigenvalue weighted by Crippen LogP contribution is 2.28. The molecule has 1 aliphatic carbocycles. The van der Waals surface area contributed by atoms with Crippen LogP contribution in [0.15, 0.2) is 29.6 Å². The van der Waals surface area contributed by atoms with E-state index in [0.717, 1.165) is 24.8 Å². The molecule has 160 valence electrons. The van der Waals surface area contributed by atoms with Crippen LogP contribution >= 0.6 is 11.3 Å². The zero-order valence-corrected chi connectivity index (χ0v) is 18.4. The summed E-state index contributed by atoms with van der Waals surface area (Å²) >= 11 is 1.28. The number of anilines is 1. The number of aromatic nitrogens is 1. The lowest BCUT2D eigenvalue weighted by Crippen LogP contribution is -2.39. The maximum atomic E-state index is 12.9. The summed E-state index contributed by atoms with van der Waals surface area (Å²) < 4.78 is 0. The SMILES string of the molecule is CCC(C)NC(=O)Cc1csc(NC(=O)CN(C(=O)c2ccc(C)cc2)C2CC2)n1. The monoisotopic (exact) mass is 428 g/mol. The summed E-state index contributed by atoms with van der Waals surface area (Å²) in [6.45, 7) is 5.92. The lowest BCUT2D eigenvalue weighted by Gasteiger charge is -2.21. The zero-order chi connectivity index (χ0) is 21.7. The van der Waals surface area contributed by atoms with Crippen LogP contribution in [-0.4, -0.2) is 46.2 Å². The smallest absolute Gasteiger partial charge is 0.254 e. The molecule has 0 aliphatic heterocycles. The van der Waals surface area contributed by atoms with Gasteiger partial charge >= 0.3 is 0 Å². The van der Waals surface area contributed by atoms with Crippen LogP contribution in [0.25, 0.3) is 0 Å². The molecular weight excluding hydrogens is 400 g/mol. The third kappa shape index (κ3) is 6.13. The van der Waals surface area contributed by atoms with Crippen LogP contribution < -0.4 is 10.6 Å². The molecule has 2 aromatic rings. The average Bonchev–Trinajstić information content (AvgIpc) is 3.47. The molecule has 0 radical (unpaired) electrons. The molecule has 8 heteroatoms. The second-order valence-electron chi connectivity index (χ2n) is 7.78. The molecule has 3 rings (SSSR count). The van der Waals surface area contributed by atoms with Crippen molar-refractivity contribution in [1.29, 1.82) is 0 Å². The lowest BCUT2D eigenvalue weighted by molar-refractivity contribution is -0.121. The van der Waals surface area contributed by atoms with Gasteiger partial charge < -0.3 is 15.5 Å². The summed E-state index contributed by atoms with van der Waals surface area (Å²) in [6.07, 6.45) is 2.87. The third-order valence-corrected chi connectivity index (χ3v) is 5.83. The Labute approximate surface area is 180 Å². The van der Waals surface area contributed by atoms with E-state index in [-0.39, 0.29) is 42.8 Å². The predicted octanol–water partition coefficient (Wildman–Crippen LogP) is 3.15. The second kappa shape index (κ2) is 9.84. The van der Waals surface area contributed by atoms with Gasteiger partial charge in [0.1, 0.15) is 6.54 Å². The van der Waals surface area contributed by atoms with Crippen molar-refractivity contribution in [3.05, 3.63) is 46.5 Å². The molecule has 1 fully saturated rings. The molecule has 1 atom stereocenters. The first-order valence-electron chi connectivity index (χ1n) is 10.3. The van der Waals surface area contributed by atoms with E-state index < -0.39 is 0 Å². The van der Waals surface area contributed by atoms with Gasteiger partial charge in [-0.15, -0.1) is 11.3 Å². The molecular formula is C22H28N4O3S. The number of aryl methyl sites for hydroxylation is 1. The van der Waals surface area contributed by atoms with Crippen LogP contribution in [0.4, 0.5) is 5.13 Å². The molecule has 1 heterocycles. The lowest BCUT2D eigenvalue weighted by atomic mass is 10.1. The molecule has 30 heavy (non-hydrogen) atoms. The van der Waals surface area contributed by atoms with Crippen molar-refractivity contribution in [2.75, 3.05) is 11.9 Å². The van der Waals surface area contributed by atoms with E-state index in [1.807, 2.05) is 32.9 Å². The molecule has 7 nitrogen and oxygen atoms in total. The molecule has 2 N–H and O–H groups in total. The molecule has 3 amide bonds. The molecule has 0 saturated heterocycles. The summed E-state index contributed by atoms with van der Waals surface area (Å²) in [6, 6.07) is 7.61. The van der Waals surface area contributed by atoms with Crippen LogP contribution in [0.2, 0.25) is 0 Å². The first-order valence-corrected chi connectivity index (χ1v) is 11.1. The number of thiazole rings is 1. The Kier molecular flexibility index (Phi) is 7.20. The topological polar surface area (TPSA) is 91.4 Å². The van der Waals surface area contributed by atoms with Gasteiger partial charge in [-0.1, -0.05) is 24.6 Å². The largest absolute Gasteiger partial charge is 0.353 e. The molecule has 1 unspecified atom stereocenters. The summed E-state index contributed by atoms with van der Waals surface area (Å²) in [5, 5.41) is 7.86. The van der Waals surface area contributed by atoms with E-state index in [2.05, 4.69) is 15.6 Å². The second-order valence-corrected chi connectivity index (χ2v) is 8.63. The van der Waals surface area contributed by atoms with E-state index in [0.29, 0.717) is 16.4 Å². The van der Waals surface area contributed by atoms with Crippen molar-refractivity contribution in [1.82, 2.24) is 15.2 Å². The highest BCUT2D eigenvalue weighted by atomic mass is 32.1. The number of nitrogens with zero attached hydrogens (tertiary/aromatic N) is 2.